The number of primary amides is 1. The molecule has 1 aliphatic heterocycles. The van der Waals surface area contributed by atoms with Crippen molar-refractivity contribution in [1.29, 1.82) is 0 Å². The van der Waals surface area contributed by atoms with Gasteiger partial charge in [0.25, 0.3) is 5.91 Å². The number of amides is 3. The molecule has 3 rings (SSSR count). The highest BCUT2D eigenvalue weighted by Crippen LogP contribution is 2.30. The molecular weight excluding hydrogens is 401 g/mol. The van der Waals surface area contributed by atoms with Crippen molar-refractivity contribution in [3.05, 3.63) is 58.9 Å². The molecule has 3 N–H and O–H groups in total. The van der Waals surface area contributed by atoms with Crippen molar-refractivity contribution in [1.82, 2.24) is 20.2 Å². The van der Waals surface area contributed by atoms with Gasteiger partial charge < -0.3 is 16.0 Å². The van der Waals surface area contributed by atoms with Gasteiger partial charge in [0.05, 0.1) is 17.3 Å². The van der Waals surface area contributed by atoms with E-state index in [1.54, 1.807) is 24.0 Å². The molecule has 0 saturated carbocycles. The van der Waals surface area contributed by atoms with Gasteiger partial charge in [-0.05, 0) is 43.9 Å². The van der Waals surface area contributed by atoms with E-state index in [9.17, 15) is 18.8 Å². The number of benzene rings is 1. The van der Waals surface area contributed by atoms with Crippen LogP contribution in [0.1, 0.15) is 65.6 Å². The Morgan fingerprint density at radius 1 is 1.19 bits per heavy atom. The molecule has 164 valence electrons. The fraction of sp³-hybridized carbons (Fsp3) is 0.409. The summed E-state index contributed by atoms with van der Waals surface area (Å²) in [6.07, 6.45) is 4.08. The van der Waals surface area contributed by atoms with Crippen LogP contribution in [0.15, 0.2) is 30.5 Å². The molecule has 1 atom stereocenters. The van der Waals surface area contributed by atoms with Crippen LogP contribution in [-0.4, -0.2) is 39.1 Å². The van der Waals surface area contributed by atoms with E-state index >= 15 is 0 Å². The van der Waals surface area contributed by atoms with Crippen LogP contribution in [0.2, 0.25) is 0 Å². The van der Waals surface area contributed by atoms with Crippen molar-refractivity contribution in [2.24, 2.45) is 5.73 Å². The molecule has 2 aromatic rings. The van der Waals surface area contributed by atoms with Gasteiger partial charge in [-0.25, -0.2) is 14.4 Å². The number of halogens is 1. The second kappa shape index (κ2) is 10.1. The summed E-state index contributed by atoms with van der Waals surface area (Å²) in [7, 11) is 0. The Morgan fingerprint density at radius 3 is 2.61 bits per heavy atom. The van der Waals surface area contributed by atoms with E-state index in [1.165, 1.54) is 18.3 Å². The molecule has 0 aliphatic carbocycles. The SMILES string of the molecule is Cc1nc([C@@H]2CCCCN2C(=O)CCC(N)=O)ncc1C(=O)NCc1ccc(F)cc1. The Morgan fingerprint density at radius 2 is 1.94 bits per heavy atom. The summed E-state index contributed by atoms with van der Waals surface area (Å²) < 4.78 is 13.0. The quantitative estimate of drug-likeness (QED) is 0.702. The van der Waals surface area contributed by atoms with Crippen molar-refractivity contribution < 1.29 is 18.8 Å². The molecule has 0 bridgehead atoms. The first-order valence-electron chi connectivity index (χ1n) is 10.3. The Labute approximate surface area is 180 Å². The molecule has 0 unspecified atom stereocenters. The Hall–Kier alpha value is -3.36. The molecule has 31 heavy (non-hydrogen) atoms. The minimum Gasteiger partial charge on any atom is -0.370 e. The van der Waals surface area contributed by atoms with Crippen molar-refractivity contribution in [2.75, 3.05) is 6.54 Å². The van der Waals surface area contributed by atoms with Crippen LogP contribution >= 0.6 is 0 Å². The van der Waals surface area contributed by atoms with Gasteiger partial charge in [0.1, 0.15) is 5.82 Å². The molecule has 1 aromatic heterocycles. The lowest BCUT2D eigenvalue weighted by molar-refractivity contribution is -0.136. The number of nitrogens with zero attached hydrogens (tertiary/aromatic N) is 3. The highest BCUT2D eigenvalue weighted by molar-refractivity contribution is 5.94. The second-order valence-electron chi connectivity index (χ2n) is 7.60. The summed E-state index contributed by atoms with van der Waals surface area (Å²) >= 11 is 0. The zero-order chi connectivity index (χ0) is 22.4. The van der Waals surface area contributed by atoms with Gasteiger partial charge in [0, 0.05) is 32.1 Å². The number of piperidine rings is 1. The number of nitrogens with one attached hydrogen (secondary N) is 1. The summed E-state index contributed by atoms with van der Waals surface area (Å²) in [6, 6.07) is 5.60. The summed E-state index contributed by atoms with van der Waals surface area (Å²) in [6.45, 7) is 2.55. The van der Waals surface area contributed by atoms with Gasteiger partial charge >= 0.3 is 0 Å². The summed E-state index contributed by atoms with van der Waals surface area (Å²) in [5, 5.41) is 2.78. The smallest absolute Gasteiger partial charge is 0.254 e. The summed E-state index contributed by atoms with van der Waals surface area (Å²) in [5.74, 6) is -0.832. The van der Waals surface area contributed by atoms with E-state index in [2.05, 4.69) is 15.3 Å². The molecule has 8 nitrogen and oxygen atoms in total. The van der Waals surface area contributed by atoms with Gasteiger partial charge in [-0.15, -0.1) is 0 Å². The topological polar surface area (TPSA) is 118 Å². The Bertz CT molecular complexity index is 964. The lowest BCUT2D eigenvalue weighted by Crippen LogP contribution is -2.39. The Balaban J connectivity index is 1.69. The van der Waals surface area contributed by atoms with Crippen LogP contribution in [0.5, 0.6) is 0 Å². The van der Waals surface area contributed by atoms with Crippen molar-refractivity contribution >= 4 is 17.7 Å². The van der Waals surface area contributed by atoms with Crippen molar-refractivity contribution in [3.8, 4) is 0 Å². The number of nitrogens with two attached hydrogens (primary N) is 1. The third-order valence-corrected chi connectivity index (χ3v) is 5.32. The maximum atomic E-state index is 13.0. The molecule has 0 spiro atoms. The van der Waals surface area contributed by atoms with E-state index in [1.807, 2.05) is 0 Å². The van der Waals surface area contributed by atoms with Crippen molar-refractivity contribution in [2.45, 2.75) is 51.6 Å². The molecular formula is C22H26FN5O3. The summed E-state index contributed by atoms with van der Waals surface area (Å²) in [4.78, 5) is 46.7. The number of likely N-dealkylation sites (tertiary alicyclic amines) is 1. The molecule has 1 fully saturated rings. The van der Waals surface area contributed by atoms with Gasteiger partial charge in [0.2, 0.25) is 11.8 Å². The average molecular weight is 427 g/mol. The van der Waals surface area contributed by atoms with Gasteiger partial charge in [-0.2, -0.15) is 0 Å². The first kappa shape index (κ1) is 22.3. The second-order valence-corrected chi connectivity index (χ2v) is 7.60. The van der Waals surface area contributed by atoms with E-state index in [4.69, 9.17) is 5.73 Å². The van der Waals surface area contributed by atoms with Crippen LogP contribution in [-0.2, 0) is 16.1 Å². The number of aryl methyl sites for hydroxylation is 1. The third kappa shape index (κ3) is 5.84. The van der Waals surface area contributed by atoms with E-state index < -0.39 is 5.91 Å². The minimum atomic E-state index is -0.509. The van der Waals surface area contributed by atoms with Crippen LogP contribution in [0.3, 0.4) is 0 Å². The number of carbonyl (C=O) groups is 3. The molecule has 1 aliphatic rings. The first-order chi connectivity index (χ1) is 14.8. The fourth-order valence-electron chi connectivity index (χ4n) is 3.62. The lowest BCUT2D eigenvalue weighted by Gasteiger charge is -2.35. The van der Waals surface area contributed by atoms with Crippen LogP contribution in [0.25, 0.3) is 0 Å². The minimum absolute atomic E-state index is 0.00903. The zero-order valence-electron chi connectivity index (χ0n) is 17.4. The molecule has 0 radical (unpaired) electrons. The number of aromatic nitrogens is 2. The van der Waals surface area contributed by atoms with Gasteiger partial charge in [0.15, 0.2) is 5.82 Å². The first-order valence-corrected chi connectivity index (χ1v) is 10.3. The highest BCUT2D eigenvalue weighted by Gasteiger charge is 2.30. The predicted octanol–water partition coefficient (Wildman–Crippen LogP) is 2.17. The molecule has 2 heterocycles. The van der Waals surface area contributed by atoms with Crippen molar-refractivity contribution in [3.63, 3.8) is 0 Å². The third-order valence-electron chi connectivity index (χ3n) is 5.32. The number of hydrogen-bond acceptors (Lipinski definition) is 5. The molecule has 3 amide bonds. The monoisotopic (exact) mass is 427 g/mol. The van der Waals surface area contributed by atoms with Crippen LogP contribution in [0, 0.1) is 12.7 Å². The lowest BCUT2D eigenvalue weighted by atomic mass is 10.00. The zero-order valence-corrected chi connectivity index (χ0v) is 17.4. The van der Waals surface area contributed by atoms with Crippen LogP contribution in [0.4, 0.5) is 4.39 Å². The van der Waals surface area contributed by atoms with Crippen LogP contribution < -0.4 is 11.1 Å². The van der Waals surface area contributed by atoms with Gasteiger partial charge in [-0.3, -0.25) is 14.4 Å². The maximum Gasteiger partial charge on any atom is 0.254 e. The maximum absolute atomic E-state index is 13.0. The van der Waals surface area contributed by atoms with E-state index in [0.29, 0.717) is 23.6 Å². The summed E-state index contributed by atoms with van der Waals surface area (Å²) in [5.41, 5.74) is 6.79. The number of rotatable bonds is 7. The Kier molecular flexibility index (Phi) is 7.28. The normalized spacial score (nSPS) is 16.1. The van der Waals surface area contributed by atoms with E-state index in [-0.39, 0.29) is 43.1 Å². The molecule has 9 heteroatoms. The fourth-order valence-corrected chi connectivity index (χ4v) is 3.62. The highest BCUT2D eigenvalue weighted by atomic mass is 19.1. The number of hydrogen-bond donors (Lipinski definition) is 2. The number of carbonyl (C=O) groups excluding carboxylic acids is 3. The largest absolute Gasteiger partial charge is 0.370 e. The average Bonchev–Trinajstić information content (AvgIpc) is 2.76. The molecule has 1 aromatic carbocycles. The molecule has 1 saturated heterocycles. The predicted molar refractivity (Wildman–Crippen MR) is 111 cm³/mol. The van der Waals surface area contributed by atoms with Gasteiger partial charge in [-0.1, -0.05) is 12.1 Å². The van der Waals surface area contributed by atoms with E-state index in [0.717, 1.165) is 24.8 Å². The standard InChI is InChI=1S/C22H26FN5O3/c1-14-17(22(31)26-12-15-5-7-16(23)8-6-15)13-25-21(27-14)18-4-2-3-11-28(18)20(30)10-9-19(24)29/h5-8,13,18H,2-4,9-12H2,1H3,(H2,24,29)(H,26,31)/t18-/m0/s1.